The van der Waals surface area contributed by atoms with Crippen molar-refractivity contribution < 1.29 is 4.79 Å². The van der Waals surface area contributed by atoms with E-state index < -0.39 is 0 Å². The lowest BCUT2D eigenvalue weighted by Gasteiger charge is -2.09. The second-order valence-corrected chi connectivity index (χ2v) is 6.39. The van der Waals surface area contributed by atoms with Crippen LogP contribution in [0.5, 0.6) is 0 Å². The summed E-state index contributed by atoms with van der Waals surface area (Å²) in [5.74, 6) is -0.125. The summed E-state index contributed by atoms with van der Waals surface area (Å²) in [5.41, 5.74) is 2.52. The SMILES string of the molecule is Cc1ccc(NC(=O)c2cc(Cl)cn2C2CC2)cc1Br. The third-order valence-electron chi connectivity index (χ3n) is 3.42. The number of amides is 1. The number of anilines is 1. The first kappa shape index (κ1) is 13.7. The lowest BCUT2D eigenvalue weighted by Crippen LogP contribution is -2.16. The molecule has 0 saturated heterocycles. The van der Waals surface area contributed by atoms with Gasteiger partial charge < -0.3 is 9.88 Å². The molecule has 1 N–H and O–H groups in total. The fraction of sp³-hybridized carbons (Fsp3) is 0.267. The number of aryl methyl sites for hydroxylation is 1. The predicted molar refractivity (Wildman–Crippen MR) is 84.5 cm³/mol. The molecule has 1 aliphatic rings. The molecule has 104 valence electrons. The van der Waals surface area contributed by atoms with E-state index in [1.54, 1.807) is 6.07 Å². The van der Waals surface area contributed by atoms with E-state index in [2.05, 4.69) is 21.2 Å². The highest BCUT2D eigenvalue weighted by atomic mass is 79.9. The van der Waals surface area contributed by atoms with Crippen molar-refractivity contribution in [3.05, 3.63) is 51.2 Å². The minimum Gasteiger partial charge on any atom is -0.339 e. The number of aromatic nitrogens is 1. The highest BCUT2D eigenvalue weighted by Gasteiger charge is 2.27. The molecule has 0 spiro atoms. The Morgan fingerprint density at radius 3 is 2.80 bits per heavy atom. The third kappa shape index (κ3) is 2.76. The first-order valence-corrected chi connectivity index (χ1v) is 7.66. The molecule has 2 aromatic rings. The molecule has 0 atom stereocenters. The van der Waals surface area contributed by atoms with E-state index in [4.69, 9.17) is 11.6 Å². The van der Waals surface area contributed by atoms with Crippen LogP contribution in [0.25, 0.3) is 0 Å². The molecule has 1 aliphatic carbocycles. The van der Waals surface area contributed by atoms with Crippen LogP contribution in [0.2, 0.25) is 5.02 Å². The summed E-state index contributed by atoms with van der Waals surface area (Å²) >= 11 is 9.49. The molecule has 1 saturated carbocycles. The molecule has 1 amide bonds. The van der Waals surface area contributed by atoms with Gasteiger partial charge >= 0.3 is 0 Å². The highest BCUT2D eigenvalue weighted by Crippen LogP contribution is 2.37. The van der Waals surface area contributed by atoms with Crippen molar-refractivity contribution in [1.29, 1.82) is 0 Å². The van der Waals surface area contributed by atoms with Gasteiger partial charge in [-0.2, -0.15) is 0 Å². The number of carbonyl (C=O) groups excluding carboxylic acids is 1. The summed E-state index contributed by atoms with van der Waals surface area (Å²) in [6.07, 6.45) is 4.06. The second-order valence-electron chi connectivity index (χ2n) is 5.10. The first-order valence-electron chi connectivity index (χ1n) is 6.49. The molecular weight excluding hydrogens is 340 g/mol. The summed E-state index contributed by atoms with van der Waals surface area (Å²) in [7, 11) is 0. The molecular formula is C15H14BrClN2O. The van der Waals surface area contributed by atoms with Gasteiger partial charge in [-0.25, -0.2) is 0 Å². The van der Waals surface area contributed by atoms with Crippen LogP contribution >= 0.6 is 27.5 Å². The van der Waals surface area contributed by atoms with Crippen LogP contribution in [-0.2, 0) is 0 Å². The number of halogens is 2. The number of rotatable bonds is 3. The van der Waals surface area contributed by atoms with E-state index >= 15 is 0 Å². The van der Waals surface area contributed by atoms with Crippen LogP contribution in [-0.4, -0.2) is 10.5 Å². The molecule has 20 heavy (non-hydrogen) atoms. The number of hydrogen-bond acceptors (Lipinski definition) is 1. The fourth-order valence-corrected chi connectivity index (χ4v) is 2.74. The Bertz CT molecular complexity index is 677. The monoisotopic (exact) mass is 352 g/mol. The molecule has 1 fully saturated rings. The first-order chi connectivity index (χ1) is 9.54. The quantitative estimate of drug-likeness (QED) is 0.845. The largest absolute Gasteiger partial charge is 0.339 e. The van der Waals surface area contributed by atoms with Gasteiger partial charge in [-0.15, -0.1) is 0 Å². The van der Waals surface area contributed by atoms with Gasteiger partial charge in [0.15, 0.2) is 0 Å². The topological polar surface area (TPSA) is 34.0 Å². The van der Waals surface area contributed by atoms with Gasteiger partial charge in [0.05, 0.1) is 5.02 Å². The van der Waals surface area contributed by atoms with Crippen molar-refractivity contribution in [3.8, 4) is 0 Å². The fourth-order valence-electron chi connectivity index (χ4n) is 2.15. The Morgan fingerprint density at radius 2 is 2.15 bits per heavy atom. The molecule has 1 aromatic carbocycles. The summed E-state index contributed by atoms with van der Waals surface area (Å²) < 4.78 is 2.95. The number of benzene rings is 1. The van der Waals surface area contributed by atoms with E-state index in [0.717, 1.165) is 28.6 Å². The maximum Gasteiger partial charge on any atom is 0.272 e. The molecule has 3 nitrogen and oxygen atoms in total. The maximum absolute atomic E-state index is 12.4. The van der Waals surface area contributed by atoms with Gasteiger partial charge in [0, 0.05) is 22.4 Å². The number of nitrogens with zero attached hydrogens (tertiary/aromatic N) is 1. The zero-order valence-corrected chi connectivity index (χ0v) is 13.3. The van der Waals surface area contributed by atoms with Crippen LogP contribution in [0, 0.1) is 6.92 Å². The molecule has 0 aliphatic heterocycles. The smallest absolute Gasteiger partial charge is 0.272 e. The van der Waals surface area contributed by atoms with E-state index in [0.29, 0.717) is 16.8 Å². The summed E-state index contributed by atoms with van der Waals surface area (Å²) in [6, 6.07) is 7.90. The molecule has 1 heterocycles. The van der Waals surface area contributed by atoms with Crippen molar-refractivity contribution in [2.24, 2.45) is 0 Å². The van der Waals surface area contributed by atoms with E-state index in [1.165, 1.54) is 0 Å². The van der Waals surface area contributed by atoms with Gasteiger partial charge in [-0.1, -0.05) is 33.6 Å². The molecule has 0 radical (unpaired) electrons. The van der Waals surface area contributed by atoms with Crippen molar-refractivity contribution in [2.75, 3.05) is 5.32 Å². The molecule has 0 unspecified atom stereocenters. The zero-order valence-electron chi connectivity index (χ0n) is 11.0. The van der Waals surface area contributed by atoms with Gasteiger partial charge in [0.25, 0.3) is 5.91 Å². The van der Waals surface area contributed by atoms with E-state index in [1.807, 2.05) is 35.9 Å². The Morgan fingerprint density at radius 1 is 1.40 bits per heavy atom. The van der Waals surface area contributed by atoms with Crippen LogP contribution < -0.4 is 5.32 Å². The van der Waals surface area contributed by atoms with Crippen molar-refractivity contribution in [2.45, 2.75) is 25.8 Å². The average Bonchev–Trinajstić information content (AvgIpc) is 3.17. The van der Waals surface area contributed by atoms with Crippen molar-refractivity contribution in [3.63, 3.8) is 0 Å². The normalized spacial score (nSPS) is 14.3. The summed E-state index contributed by atoms with van der Waals surface area (Å²) in [6.45, 7) is 2.01. The minimum atomic E-state index is -0.125. The molecule has 3 rings (SSSR count). The summed E-state index contributed by atoms with van der Waals surface area (Å²) in [4.78, 5) is 12.4. The third-order valence-corrected chi connectivity index (χ3v) is 4.48. The second kappa shape index (κ2) is 5.26. The number of hydrogen-bond donors (Lipinski definition) is 1. The average molecular weight is 354 g/mol. The molecule has 5 heteroatoms. The Balaban J connectivity index is 1.84. The molecule has 0 bridgehead atoms. The van der Waals surface area contributed by atoms with Crippen molar-refractivity contribution in [1.82, 2.24) is 4.57 Å². The number of carbonyl (C=O) groups is 1. The van der Waals surface area contributed by atoms with Crippen LogP contribution in [0.3, 0.4) is 0 Å². The van der Waals surface area contributed by atoms with E-state index in [9.17, 15) is 4.79 Å². The standard InChI is InChI=1S/C15H14BrClN2O/c1-9-2-3-11(7-13(9)16)18-15(20)14-6-10(17)8-19(14)12-4-5-12/h2-3,6-8,12H,4-5H2,1H3,(H,18,20). The number of nitrogens with one attached hydrogen (secondary N) is 1. The Labute approximate surface area is 131 Å². The predicted octanol–water partition coefficient (Wildman–Crippen LogP) is 4.80. The molecule has 1 aromatic heterocycles. The lowest BCUT2D eigenvalue weighted by molar-refractivity contribution is 0.101. The van der Waals surface area contributed by atoms with Crippen LogP contribution in [0.4, 0.5) is 5.69 Å². The van der Waals surface area contributed by atoms with Gasteiger partial charge in [-0.05, 0) is 43.5 Å². The van der Waals surface area contributed by atoms with Crippen molar-refractivity contribution >= 4 is 39.1 Å². The summed E-state index contributed by atoms with van der Waals surface area (Å²) in [5, 5.41) is 3.52. The van der Waals surface area contributed by atoms with Crippen LogP contribution in [0.15, 0.2) is 34.9 Å². The van der Waals surface area contributed by atoms with Gasteiger partial charge in [-0.3, -0.25) is 4.79 Å². The maximum atomic E-state index is 12.4. The van der Waals surface area contributed by atoms with E-state index in [-0.39, 0.29) is 5.91 Å². The van der Waals surface area contributed by atoms with Gasteiger partial charge in [0.2, 0.25) is 0 Å². The Kier molecular flexibility index (Phi) is 3.61. The Hall–Kier alpha value is -1.26. The highest BCUT2D eigenvalue weighted by molar-refractivity contribution is 9.10. The van der Waals surface area contributed by atoms with Gasteiger partial charge in [0.1, 0.15) is 5.69 Å². The zero-order chi connectivity index (χ0) is 14.3. The lowest BCUT2D eigenvalue weighted by atomic mass is 10.2. The minimum absolute atomic E-state index is 0.125. The van der Waals surface area contributed by atoms with Crippen LogP contribution in [0.1, 0.15) is 34.9 Å².